The van der Waals surface area contributed by atoms with E-state index in [1.807, 2.05) is 24.3 Å². The number of hydrogen-bond acceptors (Lipinski definition) is 8. The van der Waals surface area contributed by atoms with Gasteiger partial charge in [-0.15, -0.1) is 22.7 Å². The monoisotopic (exact) mass is 389 g/mol. The molecule has 3 aromatic heterocycles. The van der Waals surface area contributed by atoms with Crippen molar-refractivity contribution < 1.29 is 9.53 Å². The van der Waals surface area contributed by atoms with Gasteiger partial charge < -0.3 is 4.74 Å². The first-order valence-electron chi connectivity index (χ1n) is 7.29. The highest BCUT2D eigenvalue weighted by Crippen LogP contribution is 2.29. The lowest BCUT2D eigenvalue weighted by Crippen LogP contribution is -2.15. The predicted molar refractivity (Wildman–Crippen MR) is 99.5 cm³/mol. The minimum Gasteiger partial charge on any atom is -0.459 e. The van der Waals surface area contributed by atoms with E-state index in [0.29, 0.717) is 10.7 Å². The van der Waals surface area contributed by atoms with E-state index < -0.39 is 0 Å². The molecule has 0 N–H and O–H groups in total. The lowest BCUT2D eigenvalue weighted by molar-refractivity contribution is -0.141. The molecule has 0 bridgehead atoms. The van der Waals surface area contributed by atoms with Gasteiger partial charge in [0.1, 0.15) is 6.61 Å². The Labute approximate surface area is 154 Å². The molecule has 0 atom stereocenters. The third-order valence-corrected chi connectivity index (χ3v) is 6.23. The second kappa shape index (κ2) is 6.95. The second-order valence-corrected chi connectivity index (χ2v) is 8.16. The van der Waals surface area contributed by atoms with E-state index in [4.69, 9.17) is 4.74 Å². The summed E-state index contributed by atoms with van der Waals surface area (Å²) in [6.07, 6.45) is 1.67. The molecular formula is C16H11N3O3S3. The number of carbonyl (C=O) groups is 1. The number of thioether (sulfide) groups is 1. The van der Waals surface area contributed by atoms with Crippen LogP contribution in [0, 0.1) is 0 Å². The molecule has 0 aliphatic carbocycles. The van der Waals surface area contributed by atoms with Gasteiger partial charge in [-0.25, -0.2) is 9.97 Å². The molecule has 0 radical (unpaired) electrons. The molecule has 0 saturated carbocycles. The number of benzene rings is 1. The number of nitrogens with zero attached hydrogens (tertiary/aromatic N) is 3. The normalized spacial score (nSPS) is 11.2. The zero-order valence-electron chi connectivity index (χ0n) is 12.7. The summed E-state index contributed by atoms with van der Waals surface area (Å²) in [5.41, 5.74) is 1.20. The molecule has 6 nitrogen and oxygen atoms in total. The molecule has 0 spiro atoms. The predicted octanol–water partition coefficient (Wildman–Crippen LogP) is 3.20. The third kappa shape index (κ3) is 3.58. The summed E-state index contributed by atoms with van der Waals surface area (Å²) in [4.78, 5) is 33.2. The summed E-state index contributed by atoms with van der Waals surface area (Å²) < 4.78 is 8.59. The first-order valence-corrected chi connectivity index (χ1v) is 9.97. The summed E-state index contributed by atoms with van der Waals surface area (Å²) >= 11 is 4.25. The summed E-state index contributed by atoms with van der Waals surface area (Å²) in [6.45, 7) is -0.0110. The Morgan fingerprint density at radius 1 is 1.28 bits per heavy atom. The van der Waals surface area contributed by atoms with Crippen molar-refractivity contribution in [3.63, 3.8) is 0 Å². The average molecular weight is 389 g/mol. The van der Waals surface area contributed by atoms with Crippen molar-refractivity contribution in [3.8, 4) is 0 Å². The van der Waals surface area contributed by atoms with E-state index in [9.17, 15) is 9.59 Å². The summed E-state index contributed by atoms with van der Waals surface area (Å²) in [6, 6.07) is 9.22. The van der Waals surface area contributed by atoms with Gasteiger partial charge in [0.25, 0.3) is 5.56 Å². The second-order valence-electron chi connectivity index (χ2n) is 5.04. The molecule has 9 heteroatoms. The maximum atomic E-state index is 11.9. The lowest BCUT2D eigenvalue weighted by atomic mass is 10.3. The Hall–Kier alpha value is -2.23. The molecule has 4 rings (SSSR count). The SMILES string of the molecule is O=C(CSc1nc2ccccc2s1)OCc1cc(=O)n2ccsc2n1. The molecule has 0 aliphatic heterocycles. The topological polar surface area (TPSA) is 73.6 Å². The molecular weight excluding hydrogens is 378 g/mol. The van der Waals surface area contributed by atoms with E-state index in [1.165, 1.54) is 33.6 Å². The van der Waals surface area contributed by atoms with Crippen molar-refractivity contribution in [2.24, 2.45) is 0 Å². The molecule has 3 heterocycles. The Morgan fingerprint density at radius 3 is 3.04 bits per heavy atom. The maximum Gasteiger partial charge on any atom is 0.316 e. The molecule has 0 amide bonds. The number of aromatic nitrogens is 3. The van der Waals surface area contributed by atoms with E-state index in [1.54, 1.807) is 22.9 Å². The van der Waals surface area contributed by atoms with Crippen LogP contribution in [0.25, 0.3) is 15.2 Å². The number of thiazole rings is 2. The summed E-state index contributed by atoms with van der Waals surface area (Å²) in [5.74, 6) is -0.197. The van der Waals surface area contributed by atoms with Crippen LogP contribution in [0.5, 0.6) is 0 Å². The minimum atomic E-state index is -0.363. The van der Waals surface area contributed by atoms with Gasteiger partial charge in [-0.05, 0) is 12.1 Å². The van der Waals surface area contributed by atoms with Gasteiger partial charge in [0.05, 0.1) is 21.7 Å². The quantitative estimate of drug-likeness (QED) is 0.385. The largest absolute Gasteiger partial charge is 0.459 e. The molecule has 4 aromatic rings. The van der Waals surface area contributed by atoms with Crippen molar-refractivity contribution in [2.45, 2.75) is 10.9 Å². The van der Waals surface area contributed by atoms with Crippen LogP contribution in [-0.2, 0) is 16.1 Å². The van der Waals surface area contributed by atoms with Gasteiger partial charge >= 0.3 is 5.97 Å². The van der Waals surface area contributed by atoms with Crippen LogP contribution >= 0.6 is 34.4 Å². The van der Waals surface area contributed by atoms with Gasteiger partial charge in [-0.1, -0.05) is 23.9 Å². The van der Waals surface area contributed by atoms with Crippen molar-refractivity contribution in [2.75, 3.05) is 5.75 Å². The Kier molecular flexibility index (Phi) is 4.51. The highest BCUT2D eigenvalue weighted by Gasteiger charge is 2.10. The molecule has 25 heavy (non-hydrogen) atoms. The highest BCUT2D eigenvalue weighted by atomic mass is 32.2. The van der Waals surface area contributed by atoms with Crippen LogP contribution in [0.4, 0.5) is 0 Å². The standard InChI is InChI=1S/C16H11N3O3S3/c20-13-7-10(17-15-19(13)5-6-23-15)8-22-14(21)9-24-16-18-11-3-1-2-4-12(11)25-16/h1-7H,8-9H2. The number of para-hydroxylation sites is 1. The molecule has 0 aliphatic rings. The van der Waals surface area contributed by atoms with Crippen molar-refractivity contribution in [3.05, 3.63) is 58.0 Å². The number of ether oxygens (including phenoxy) is 1. The Bertz CT molecular complexity index is 1080. The summed E-state index contributed by atoms with van der Waals surface area (Å²) in [7, 11) is 0. The zero-order chi connectivity index (χ0) is 17.2. The first-order chi connectivity index (χ1) is 12.2. The number of carbonyl (C=O) groups excluding carboxylic acids is 1. The highest BCUT2D eigenvalue weighted by molar-refractivity contribution is 8.01. The Morgan fingerprint density at radius 2 is 2.16 bits per heavy atom. The van der Waals surface area contributed by atoms with Crippen molar-refractivity contribution in [1.29, 1.82) is 0 Å². The number of hydrogen-bond donors (Lipinski definition) is 0. The number of rotatable bonds is 5. The van der Waals surface area contributed by atoms with Crippen LogP contribution in [0.1, 0.15) is 5.69 Å². The molecule has 0 fully saturated rings. The van der Waals surface area contributed by atoms with Crippen LogP contribution in [0.2, 0.25) is 0 Å². The van der Waals surface area contributed by atoms with E-state index in [2.05, 4.69) is 9.97 Å². The van der Waals surface area contributed by atoms with Gasteiger partial charge in [0, 0.05) is 17.6 Å². The van der Waals surface area contributed by atoms with Crippen LogP contribution in [0.15, 0.2) is 51.0 Å². The fourth-order valence-corrected chi connectivity index (χ4v) is 4.80. The van der Waals surface area contributed by atoms with Crippen molar-refractivity contribution in [1.82, 2.24) is 14.4 Å². The molecule has 0 unspecified atom stereocenters. The molecule has 126 valence electrons. The molecule has 0 saturated heterocycles. The smallest absolute Gasteiger partial charge is 0.316 e. The number of fused-ring (bicyclic) bond motifs is 2. The third-order valence-electron chi connectivity index (χ3n) is 3.33. The maximum absolute atomic E-state index is 11.9. The van der Waals surface area contributed by atoms with Crippen molar-refractivity contribution >= 4 is 55.6 Å². The summed E-state index contributed by atoms with van der Waals surface area (Å²) in [5, 5.41) is 1.79. The fourth-order valence-electron chi connectivity index (χ4n) is 2.19. The van der Waals surface area contributed by atoms with E-state index in [0.717, 1.165) is 14.6 Å². The first kappa shape index (κ1) is 16.2. The van der Waals surface area contributed by atoms with Crippen LogP contribution in [0.3, 0.4) is 0 Å². The minimum absolute atomic E-state index is 0.0110. The van der Waals surface area contributed by atoms with Gasteiger partial charge in [0.2, 0.25) is 0 Å². The van der Waals surface area contributed by atoms with Gasteiger partial charge in [-0.2, -0.15) is 0 Å². The molecule has 1 aromatic carbocycles. The zero-order valence-corrected chi connectivity index (χ0v) is 15.2. The fraction of sp³-hybridized carbons (Fsp3) is 0.125. The van der Waals surface area contributed by atoms with Gasteiger partial charge in [0.15, 0.2) is 9.30 Å². The Balaban J connectivity index is 1.36. The van der Waals surface area contributed by atoms with E-state index >= 15 is 0 Å². The average Bonchev–Trinajstić information content (AvgIpc) is 3.24. The van der Waals surface area contributed by atoms with Crippen LogP contribution < -0.4 is 5.56 Å². The number of esters is 1. The lowest BCUT2D eigenvalue weighted by Gasteiger charge is -2.03. The van der Waals surface area contributed by atoms with E-state index in [-0.39, 0.29) is 23.9 Å². The van der Waals surface area contributed by atoms with Crippen LogP contribution in [-0.4, -0.2) is 26.1 Å². The van der Waals surface area contributed by atoms with Gasteiger partial charge in [-0.3, -0.25) is 14.0 Å².